The van der Waals surface area contributed by atoms with Crippen LogP contribution in [-0.4, -0.2) is 65.6 Å². The number of nitrogens with zero attached hydrogens (tertiary/aromatic N) is 4. The van der Waals surface area contributed by atoms with E-state index < -0.39 is 24.5 Å². The molecule has 1 aromatic heterocycles. The van der Waals surface area contributed by atoms with E-state index in [2.05, 4.69) is 25.0 Å². The number of hydrogen-bond donors (Lipinski definition) is 2. The summed E-state index contributed by atoms with van der Waals surface area (Å²) < 4.78 is 80.4. The van der Waals surface area contributed by atoms with Gasteiger partial charge in [0.1, 0.15) is 0 Å². The van der Waals surface area contributed by atoms with E-state index in [0.29, 0.717) is 26.2 Å². The molecule has 1 aromatic rings. The largest absolute Gasteiger partial charge is 0.440 e. The maximum absolute atomic E-state index is 12.7. The molecule has 1 fully saturated rings. The molecule has 2 rings (SSSR count). The van der Waals surface area contributed by atoms with Crippen LogP contribution in [0.5, 0.6) is 6.01 Å². The Kier molecular flexibility index (Phi) is 5.98. The van der Waals surface area contributed by atoms with Crippen LogP contribution in [0.1, 0.15) is 13.8 Å². The van der Waals surface area contributed by atoms with Gasteiger partial charge in [-0.3, -0.25) is 0 Å². The van der Waals surface area contributed by atoms with E-state index in [4.69, 9.17) is 0 Å². The summed E-state index contributed by atoms with van der Waals surface area (Å²) >= 11 is 0. The molecule has 7 nitrogen and oxygen atoms in total. The lowest BCUT2D eigenvalue weighted by atomic mass is 10.3. The second-order valence-electron chi connectivity index (χ2n) is 5.97. The van der Waals surface area contributed by atoms with Crippen molar-refractivity contribution < 1.29 is 36.4 Å². The highest BCUT2D eigenvalue weighted by molar-refractivity contribution is 5.39. The number of aromatic nitrogens is 3. The molecule has 0 bridgehead atoms. The molecule has 0 unspecified atom stereocenters. The van der Waals surface area contributed by atoms with E-state index in [1.54, 1.807) is 18.7 Å². The summed E-state index contributed by atoms with van der Waals surface area (Å²) in [4.78, 5) is 12.9. The van der Waals surface area contributed by atoms with Gasteiger partial charge in [-0.1, -0.05) is 0 Å². The molecule has 0 spiro atoms. The zero-order valence-corrected chi connectivity index (χ0v) is 14.0. The van der Waals surface area contributed by atoms with Crippen LogP contribution < -0.4 is 20.3 Å². The third-order valence-corrected chi connectivity index (χ3v) is 3.33. The molecule has 148 valence electrons. The van der Waals surface area contributed by atoms with Crippen molar-refractivity contribution in [3.63, 3.8) is 0 Å². The van der Waals surface area contributed by atoms with Crippen molar-refractivity contribution in [3.8, 4) is 6.01 Å². The molecule has 0 saturated carbocycles. The number of nitrogens with one attached hydrogen (secondary N) is 1. The molecular formula is C13H19F6N6O+. The zero-order chi connectivity index (χ0) is 19.5. The number of ether oxygens (including phenoxy) is 1. The minimum Gasteiger partial charge on any atom is -0.440 e. The van der Waals surface area contributed by atoms with E-state index in [1.807, 2.05) is 5.32 Å². The lowest BCUT2D eigenvalue weighted by Gasteiger charge is -2.27. The highest BCUT2D eigenvalue weighted by Crippen LogP contribution is 2.36. The second kappa shape index (κ2) is 7.68. The Balaban J connectivity index is 2.35. The first-order chi connectivity index (χ1) is 12.0. The lowest BCUT2D eigenvalue weighted by Crippen LogP contribution is -2.89. The number of piperazine rings is 1. The Morgan fingerprint density at radius 2 is 1.58 bits per heavy atom. The summed E-state index contributed by atoms with van der Waals surface area (Å²) in [5.74, 6) is -0.188. The third-order valence-electron chi connectivity index (χ3n) is 3.33. The topological polar surface area (TPSA) is 79.8 Å². The molecule has 0 radical (unpaired) electrons. The first kappa shape index (κ1) is 20.3. The number of quaternary nitrogens is 1. The summed E-state index contributed by atoms with van der Waals surface area (Å²) in [7, 11) is 0. The van der Waals surface area contributed by atoms with Crippen molar-refractivity contribution in [2.24, 2.45) is 0 Å². The molecular weight excluding hydrogens is 370 g/mol. The third kappa shape index (κ3) is 5.47. The highest BCUT2D eigenvalue weighted by Gasteiger charge is 2.59. The number of halogens is 6. The monoisotopic (exact) mass is 389 g/mol. The van der Waals surface area contributed by atoms with Crippen molar-refractivity contribution in [2.75, 3.05) is 36.4 Å². The zero-order valence-electron chi connectivity index (χ0n) is 14.0. The number of anilines is 2. The molecule has 1 saturated heterocycles. The molecule has 0 aromatic carbocycles. The van der Waals surface area contributed by atoms with E-state index in [1.165, 1.54) is 0 Å². The van der Waals surface area contributed by atoms with Crippen LogP contribution in [0.15, 0.2) is 0 Å². The average Bonchev–Trinajstić information content (AvgIpc) is 2.50. The van der Waals surface area contributed by atoms with Crippen LogP contribution in [0.2, 0.25) is 0 Å². The Labute approximate surface area is 145 Å². The normalized spacial score (nSPS) is 16.3. The van der Waals surface area contributed by atoms with Crippen molar-refractivity contribution in [1.82, 2.24) is 15.0 Å². The van der Waals surface area contributed by atoms with Gasteiger partial charge in [0.15, 0.2) is 0 Å². The van der Waals surface area contributed by atoms with Gasteiger partial charge >= 0.3 is 18.4 Å². The summed E-state index contributed by atoms with van der Waals surface area (Å²) in [6.45, 7) is 5.81. The summed E-state index contributed by atoms with van der Waals surface area (Å²) in [5, 5.41) is 4.76. The minimum atomic E-state index is -5.66. The predicted molar refractivity (Wildman–Crippen MR) is 79.0 cm³/mol. The van der Waals surface area contributed by atoms with Crippen molar-refractivity contribution >= 4 is 11.9 Å². The number of hydrogen-bond acceptors (Lipinski definition) is 6. The minimum absolute atomic E-state index is 0.0330. The van der Waals surface area contributed by atoms with Gasteiger partial charge in [0.05, 0.1) is 26.2 Å². The van der Waals surface area contributed by atoms with Crippen LogP contribution in [0.25, 0.3) is 0 Å². The molecule has 0 atom stereocenters. The van der Waals surface area contributed by atoms with Crippen LogP contribution in [-0.2, 0) is 0 Å². The van der Waals surface area contributed by atoms with Gasteiger partial charge in [0.25, 0.3) is 6.10 Å². The highest BCUT2D eigenvalue weighted by atomic mass is 19.4. The van der Waals surface area contributed by atoms with E-state index >= 15 is 0 Å². The van der Waals surface area contributed by atoms with E-state index in [-0.39, 0.29) is 17.9 Å². The lowest BCUT2D eigenvalue weighted by molar-refractivity contribution is -0.655. The van der Waals surface area contributed by atoms with E-state index in [0.717, 1.165) is 0 Å². The number of alkyl halides is 6. The molecule has 13 heteroatoms. The smallest absolute Gasteiger partial charge is 0.434 e. The van der Waals surface area contributed by atoms with E-state index in [9.17, 15) is 26.3 Å². The fraction of sp³-hybridized carbons (Fsp3) is 0.769. The summed E-state index contributed by atoms with van der Waals surface area (Å²) in [6, 6.07) is -1.24. The van der Waals surface area contributed by atoms with Crippen molar-refractivity contribution in [3.05, 3.63) is 0 Å². The van der Waals surface area contributed by atoms with Gasteiger partial charge < -0.3 is 20.3 Å². The predicted octanol–water partition coefficient (Wildman–Crippen LogP) is 0.947. The first-order valence-corrected chi connectivity index (χ1v) is 7.86. The molecule has 26 heavy (non-hydrogen) atoms. The van der Waals surface area contributed by atoms with Gasteiger partial charge in [-0.15, -0.1) is 0 Å². The molecule has 3 N–H and O–H groups in total. The van der Waals surface area contributed by atoms with Gasteiger partial charge in [0, 0.05) is 6.04 Å². The van der Waals surface area contributed by atoms with Gasteiger partial charge in [-0.2, -0.15) is 41.3 Å². The molecule has 2 heterocycles. The maximum atomic E-state index is 12.7. The fourth-order valence-corrected chi connectivity index (χ4v) is 2.24. The number of nitrogens with two attached hydrogens (primary N) is 1. The van der Waals surface area contributed by atoms with Crippen LogP contribution >= 0.6 is 0 Å². The quantitative estimate of drug-likeness (QED) is 0.730. The molecule has 1 aliphatic heterocycles. The van der Waals surface area contributed by atoms with Gasteiger partial charge in [-0.05, 0) is 13.8 Å². The fourth-order valence-electron chi connectivity index (χ4n) is 2.24. The molecule has 0 amide bonds. The SMILES string of the molecule is CC(C)Nc1nc(OC(C(F)(F)F)C(F)(F)F)nc(N2CC[NH2+]CC2)n1. The van der Waals surface area contributed by atoms with Crippen LogP contribution in [0.4, 0.5) is 38.2 Å². The molecule has 1 aliphatic rings. The number of rotatable bonds is 5. The van der Waals surface area contributed by atoms with Gasteiger partial charge in [0.2, 0.25) is 11.9 Å². The Hall–Kier alpha value is -2.05. The van der Waals surface area contributed by atoms with Crippen molar-refractivity contribution in [2.45, 2.75) is 38.3 Å². The average molecular weight is 389 g/mol. The Bertz CT molecular complexity index is 588. The van der Waals surface area contributed by atoms with Crippen LogP contribution in [0, 0.1) is 0 Å². The standard InChI is InChI=1S/C13H18F6N6O/c1-7(2)21-9-22-10(25-5-3-20-4-6-25)24-11(23-9)26-8(12(14,15)16)13(17,18)19/h7-8,20H,3-6H2,1-2H3,(H,21,22,23,24)/p+1. The van der Waals surface area contributed by atoms with Crippen LogP contribution in [0.3, 0.4) is 0 Å². The molecule has 0 aliphatic carbocycles. The maximum Gasteiger partial charge on any atom is 0.434 e. The Morgan fingerprint density at radius 3 is 2.08 bits per heavy atom. The van der Waals surface area contributed by atoms with Gasteiger partial charge in [-0.25, -0.2) is 0 Å². The van der Waals surface area contributed by atoms with Crippen molar-refractivity contribution in [1.29, 1.82) is 0 Å². The Morgan fingerprint density at radius 1 is 1.00 bits per heavy atom. The summed E-state index contributed by atoms with van der Waals surface area (Å²) in [5.41, 5.74) is 0. The second-order valence-corrected chi connectivity index (χ2v) is 5.97. The first-order valence-electron chi connectivity index (χ1n) is 7.86. The summed E-state index contributed by atoms with van der Waals surface area (Å²) in [6.07, 6.45) is -15.3.